The van der Waals surface area contributed by atoms with Crippen LogP contribution in [-0.4, -0.2) is 30.0 Å². The van der Waals surface area contributed by atoms with Crippen LogP contribution in [0.1, 0.15) is 36.7 Å². The summed E-state index contributed by atoms with van der Waals surface area (Å²) in [5.74, 6) is -0.792. The number of fused-ring (bicyclic) bond motifs is 1. The van der Waals surface area contributed by atoms with E-state index in [2.05, 4.69) is 10.3 Å². The average molecular weight is 300 g/mol. The monoisotopic (exact) mass is 300 g/mol. The lowest BCUT2D eigenvalue weighted by Gasteiger charge is -2.16. The Kier molecular flexibility index (Phi) is 5.47. The van der Waals surface area contributed by atoms with Crippen molar-refractivity contribution in [3.63, 3.8) is 0 Å². The second kappa shape index (κ2) is 7.54. The van der Waals surface area contributed by atoms with Gasteiger partial charge in [-0.2, -0.15) is 0 Å². The highest BCUT2D eigenvalue weighted by Crippen LogP contribution is 2.12. The first-order valence-corrected chi connectivity index (χ1v) is 7.40. The van der Waals surface area contributed by atoms with Crippen LogP contribution in [0.2, 0.25) is 0 Å². The lowest BCUT2D eigenvalue weighted by molar-refractivity contribution is -0.143. The molecule has 0 aliphatic heterocycles. The molecule has 0 saturated heterocycles. The largest absolute Gasteiger partial charge is 0.467 e. The highest BCUT2D eigenvalue weighted by atomic mass is 16.5. The van der Waals surface area contributed by atoms with Crippen LogP contribution >= 0.6 is 0 Å². The van der Waals surface area contributed by atoms with Crippen LogP contribution in [0.3, 0.4) is 0 Å². The Labute approximate surface area is 129 Å². The summed E-state index contributed by atoms with van der Waals surface area (Å²) >= 11 is 0. The number of nitrogens with zero attached hydrogens (tertiary/aromatic N) is 1. The molecule has 5 nitrogen and oxygen atoms in total. The van der Waals surface area contributed by atoms with Gasteiger partial charge in [-0.05, 0) is 18.6 Å². The van der Waals surface area contributed by atoms with Crippen LogP contribution in [0, 0.1) is 0 Å². The zero-order valence-corrected chi connectivity index (χ0v) is 12.8. The molecule has 2 aromatic rings. The van der Waals surface area contributed by atoms with Gasteiger partial charge in [-0.1, -0.05) is 44.0 Å². The molecule has 0 aliphatic rings. The second-order valence-electron chi connectivity index (χ2n) is 5.08. The van der Waals surface area contributed by atoms with Crippen molar-refractivity contribution in [3.8, 4) is 0 Å². The fourth-order valence-corrected chi connectivity index (χ4v) is 2.22. The number of pyridine rings is 1. The Morgan fingerprint density at radius 2 is 2.00 bits per heavy atom. The maximum atomic E-state index is 12.3. The number of methoxy groups -OCH3 is 1. The van der Waals surface area contributed by atoms with E-state index in [0.29, 0.717) is 12.1 Å². The van der Waals surface area contributed by atoms with Crippen LogP contribution in [-0.2, 0) is 9.53 Å². The minimum atomic E-state index is -0.634. The number of unbranched alkanes of at least 4 members (excludes halogenated alkanes) is 1. The van der Waals surface area contributed by atoms with Crippen molar-refractivity contribution in [2.75, 3.05) is 7.11 Å². The Hall–Kier alpha value is -2.43. The first-order valence-electron chi connectivity index (χ1n) is 7.40. The molecular formula is C17H20N2O3. The molecule has 0 aliphatic carbocycles. The molecule has 0 radical (unpaired) electrons. The molecule has 1 N–H and O–H groups in total. The van der Waals surface area contributed by atoms with E-state index in [0.717, 1.165) is 23.7 Å². The number of para-hydroxylation sites is 1. The highest BCUT2D eigenvalue weighted by Gasteiger charge is 2.22. The molecular weight excluding hydrogens is 280 g/mol. The summed E-state index contributed by atoms with van der Waals surface area (Å²) in [5.41, 5.74) is 1.04. The van der Waals surface area contributed by atoms with Gasteiger partial charge < -0.3 is 10.1 Å². The maximum absolute atomic E-state index is 12.3. The molecule has 1 atom stereocenters. The molecule has 1 aromatic heterocycles. The molecule has 0 bridgehead atoms. The number of nitrogens with one attached hydrogen (secondary N) is 1. The van der Waals surface area contributed by atoms with Gasteiger partial charge in [0.2, 0.25) is 0 Å². The van der Waals surface area contributed by atoms with Gasteiger partial charge in [0.1, 0.15) is 11.7 Å². The number of hydrogen-bond acceptors (Lipinski definition) is 4. The van der Waals surface area contributed by atoms with Gasteiger partial charge in [0.25, 0.3) is 5.91 Å². The molecule has 22 heavy (non-hydrogen) atoms. The highest BCUT2D eigenvalue weighted by molar-refractivity contribution is 5.97. The zero-order chi connectivity index (χ0) is 15.9. The van der Waals surface area contributed by atoms with E-state index >= 15 is 0 Å². The lowest BCUT2D eigenvalue weighted by Crippen LogP contribution is -2.41. The Bertz CT molecular complexity index is 670. The van der Waals surface area contributed by atoms with E-state index in [-0.39, 0.29) is 5.91 Å². The van der Waals surface area contributed by atoms with Gasteiger partial charge in [0, 0.05) is 5.39 Å². The van der Waals surface area contributed by atoms with Gasteiger partial charge in [-0.15, -0.1) is 0 Å². The van der Waals surface area contributed by atoms with Crippen molar-refractivity contribution in [3.05, 3.63) is 42.1 Å². The number of amides is 1. The summed E-state index contributed by atoms with van der Waals surface area (Å²) < 4.78 is 4.74. The van der Waals surface area contributed by atoms with E-state index < -0.39 is 12.0 Å². The molecule has 5 heteroatoms. The summed E-state index contributed by atoms with van der Waals surface area (Å²) in [7, 11) is 1.32. The van der Waals surface area contributed by atoms with Gasteiger partial charge in [0.05, 0.1) is 12.6 Å². The van der Waals surface area contributed by atoms with Crippen molar-refractivity contribution in [2.24, 2.45) is 0 Å². The Morgan fingerprint density at radius 1 is 1.23 bits per heavy atom. The van der Waals surface area contributed by atoms with Gasteiger partial charge in [0.15, 0.2) is 0 Å². The third kappa shape index (κ3) is 3.81. The molecule has 1 aromatic carbocycles. The first-order chi connectivity index (χ1) is 10.7. The van der Waals surface area contributed by atoms with Gasteiger partial charge >= 0.3 is 5.97 Å². The van der Waals surface area contributed by atoms with Crippen molar-refractivity contribution in [1.82, 2.24) is 10.3 Å². The second-order valence-corrected chi connectivity index (χ2v) is 5.08. The summed E-state index contributed by atoms with van der Waals surface area (Å²) in [6.45, 7) is 2.03. The molecule has 1 heterocycles. The lowest BCUT2D eigenvalue weighted by atomic mass is 10.1. The van der Waals surface area contributed by atoms with Crippen LogP contribution in [0.5, 0.6) is 0 Å². The molecule has 2 rings (SSSR count). The first kappa shape index (κ1) is 15.9. The molecule has 0 unspecified atom stereocenters. The van der Waals surface area contributed by atoms with E-state index in [4.69, 9.17) is 4.74 Å². The van der Waals surface area contributed by atoms with E-state index in [1.54, 1.807) is 6.07 Å². The number of esters is 1. The van der Waals surface area contributed by atoms with Crippen molar-refractivity contribution in [1.29, 1.82) is 0 Å². The summed E-state index contributed by atoms with van der Waals surface area (Å²) in [6.07, 6.45) is 2.34. The number of hydrogen-bond donors (Lipinski definition) is 1. The number of benzene rings is 1. The number of aromatic nitrogens is 1. The van der Waals surface area contributed by atoms with Crippen LogP contribution < -0.4 is 5.32 Å². The number of rotatable bonds is 6. The fourth-order valence-electron chi connectivity index (χ4n) is 2.22. The maximum Gasteiger partial charge on any atom is 0.328 e. The smallest absolute Gasteiger partial charge is 0.328 e. The minimum Gasteiger partial charge on any atom is -0.467 e. The van der Waals surface area contributed by atoms with Crippen molar-refractivity contribution in [2.45, 2.75) is 32.2 Å². The van der Waals surface area contributed by atoms with Crippen LogP contribution in [0.15, 0.2) is 36.4 Å². The minimum absolute atomic E-state index is 0.295. The number of carbonyl (C=O) groups is 2. The SMILES string of the molecule is CCCC[C@@H](NC(=O)c1ccc2ccccc2n1)C(=O)OC. The third-order valence-electron chi connectivity index (χ3n) is 3.47. The van der Waals surface area contributed by atoms with Crippen molar-refractivity contribution >= 4 is 22.8 Å². The quantitative estimate of drug-likeness (QED) is 0.833. The number of ether oxygens (including phenoxy) is 1. The van der Waals surface area contributed by atoms with Crippen LogP contribution in [0.4, 0.5) is 0 Å². The molecule has 0 saturated carbocycles. The molecule has 0 spiro atoms. The van der Waals surface area contributed by atoms with E-state index in [1.165, 1.54) is 7.11 Å². The fraction of sp³-hybridized carbons (Fsp3) is 0.353. The summed E-state index contributed by atoms with van der Waals surface area (Å²) in [6, 6.07) is 10.4. The normalized spacial score (nSPS) is 11.9. The van der Waals surface area contributed by atoms with Gasteiger partial charge in [-0.25, -0.2) is 9.78 Å². The molecule has 0 fully saturated rings. The third-order valence-corrected chi connectivity index (χ3v) is 3.47. The summed E-state index contributed by atoms with van der Waals surface area (Å²) in [4.78, 5) is 28.4. The molecule has 1 amide bonds. The number of carbonyl (C=O) groups excluding carboxylic acids is 2. The van der Waals surface area contributed by atoms with E-state index in [9.17, 15) is 9.59 Å². The predicted octanol–water partition coefficient (Wildman–Crippen LogP) is 2.70. The average Bonchev–Trinajstić information content (AvgIpc) is 2.57. The standard InChI is InChI=1S/C17H20N2O3/c1-3-4-8-15(17(21)22-2)19-16(20)14-11-10-12-7-5-6-9-13(12)18-14/h5-7,9-11,15H,3-4,8H2,1-2H3,(H,19,20)/t15-/m1/s1. The topological polar surface area (TPSA) is 68.3 Å². The summed E-state index contributed by atoms with van der Waals surface area (Å²) in [5, 5.41) is 3.67. The van der Waals surface area contributed by atoms with Gasteiger partial charge in [-0.3, -0.25) is 4.79 Å². The Balaban J connectivity index is 2.15. The zero-order valence-electron chi connectivity index (χ0n) is 12.8. The van der Waals surface area contributed by atoms with Crippen LogP contribution in [0.25, 0.3) is 10.9 Å². The predicted molar refractivity (Wildman–Crippen MR) is 84.5 cm³/mol. The molecule has 116 valence electrons. The van der Waals surface area contributed by atoms with Crippen molar-refractivity contribution < 1.29 is 14.3 Å². The van der Waals surface area contributed by atoms with E-state index in [1.807, 2.05) is 37.3 Å². The Morgan fingerprint density at radius 3 is 2.73 bits per heavy atom.